The van der Waals surface area contributed by atoms with Gasteiger partial charge in [0.25, 0.3) is 0 Å². The molecule has 1 heterocycles. The van der Waals surface area contributed by atoms with Gasteiger partial charge in [0.2, 0.25) is 0 Å². The average molecular weight is 359 g/mol. The van der Waals surface area contributed by atoms with Crippen LogP contribution in [0.2, 0.25) is 0 Å². The fraction of sp³-hybridized carbons (Fsp3) is 0.739. The Balaban J connectivity index is 1.77. The molecule has 0 radical (unpaired) electrons. The van der Waals surface area contributed by atoms with Gasteiger partial charge in [0.1, 0.15) is 0 Å². The van der Waals surface area contributed by atoms with Gasteiger partial charge in [-0.15, -0.1) is 0 Å². The first kappa shape index (κ1) is 18.5. The van der Waals surface area contributed by atoms with Crippen molar-refractivity contribution >= 4 is 0 Å². The van der Waals surface area contributed by atoms with E-state index in [9.17, 15) is 5.11 Å². The van der Waals surface area contributed by atoms with E-state index in [2.05, 4.69) is 26.5 Å². The molecule has 144 valence electrons. The van der Waals surface area contributed by atoms with Crippen LogP contribution in [0, 0.1) is 29.1 Å². The van der Waals surface area contributed by atoms with Crippen LogP contribution in [0.3, 0.4) is 0 Å². The van der Waals surface area contributed by atoms with Crippen molar-refractivity contribution < 1.29 is 14.6 Å². The van der Waals surface area contributed by atoms with E-state index in [1.165, 1.54) is 5.57 Å². The summed E-state index contributed by atoms with van der Waals surface area (Å²) >= 11 is 0. The fourth-order valence-electron chi connectivity index (χ4n) is 6.29. The molecule has 1 saturated heterocycles. The highest BCUT2D eigenvalue weighted by Gasteiger charge is 2.66. The molecule has 0 amide bonds. The Kier molecular flexibility index (Phi) is 4.12. The zero-order valence-corrected chi connectivity index (χ0v) is 16.9. The first-order valence-electron chi connectivity index (χ1n) is 10.2. The topological polar surface area (TPSA) is 38.7 Å². The lowest BCUT2D eigenvalue weighted by Gasteiger charge is -2.66. The van der Waals surface area contributed by atoms with Gasteiger partial charge in [-0.2, -0.15) is 0 Å². The van der Waals surface area contributed by atoms with Gasteiger partial charge < -0.3 is 14.6 Å². The van der Waals surface area contributed by atoms with E-state index >= 15 is 0 Å². The molecule has 0 aromatic carbocycles. The Morgan fingerprint density at radius 3 is 2.77 bits per heavy atom. The Hall–Kier alpha value is -0.900. The van der Waals surface area contributed by atoms with Crippen molar-refractivity contribution in [1.29, 1.82) is 0 Å². The Labute approximate surface area is 158 Å². The minimum atomic E-state index is -0.815. The molecule has 3 heteroatoms. The predicted octanol–water partition coefficient (Wildman–Crippen LogP) is 4.63. The van der Waals surface area contributed by atoms with Gasteiger partial charge in [0, 0.05) is 17.3 Å². The summed E-state index contributed by atoms with van der Waals surface area (Å²) in [6.07, 6.45) is 9.84. The van der Waals surface area contributed by atoms with E-state index in [0.717, 1.165) is 31.4 Å². The van der Waals surface area contributed by atoms with Crippen LogP contribution in [-0.4, -0.2) is 29.2 Å². The largest absolute Gasteiger partial charge is 0.385 e. The summed E-state index contributed by atoms with van der Waals surface area (Å²) in [4.78, 5) is 0. The SMILES string of the molecule is C=C(C)/C=C\C1(O)[C@H](C)C2CCC1(C)C1=CC[C@H]3COC(C)(C)O[C@H]3[C@@H]12. The van der Waals surface area contributed by atoms with Crippen molar-refractivity contribution in [2.24, 2.45) is 29.1 Å². The smallest absolute Gasteiger partial charge is 0.163 e. The summed E-state index contributed by atoms with van der Waals surface area (Å²) < 4.78 is 12.4. The van der Waals surface area contributed by atoms with Crippen molar-refractivity contribution in [3.8, 4) is 0 Å². The van der Waals surface area contributed by atoms with E-state index < -0.39 is 11.4 Å². The summed E-state index contributed by atoms with van der Waals surface area (Å²) in [5.74, 6) is 0.979. The molecule has 1 aliphatic heterocycles. The van der Waals surface area contributed by atoms with Gasteiger partial charge in [0.15, 0.2) is 5.79 Å². The maximum absolute atomic E-state index is 11.8. The first-order chi connectivity index (χ1) is 12.1. The summed E-state index contributed by atoms with van der Waals surface area (Å²) in [6, 6.07) is 0. The Morgan fingerprint density at radius 2 is 2.08 bits per heavy atom. The lowest BCUT2D eigenvalue weighted by atomic mass is 9.42. The summed E-state index contributed by atoms with van der Waals surface area (Å²) in [7, 11) is 0. The molecule has 4 fully saturated rings. The third-order valence-electron chi connectivity index (χ3n) is 7.80. The average Bonchev–Trinajstić information content (AvgIpc) is 2.57. The second-order valence-corrected chi connectivity index (χ2v) is 9.80. The first-order valence-corrected chi connectivity index (χ1v) is 10.2. The van der Waals surface area contributed by atoms with Gasteiger partial charge in [-0.25, -0.2) is 0 Å². The molecule has 0 aromatic heterocycles. The van der Waals surface area contributed by atoms with Crippen LogP contribution in [0.1, 0.15) is 53.9 Å². The highest BCUT2D eigenvalue weighted by Crippen LogP contribution is 2.66. The molecule has 5 aliphatic rings. The molecule has 1 N–H and O–H groups in total. The molecule has 0 spiro atoms. The Bertz CT molecular complexity index is 675. The lowest BCUT2D eigenvalue weighted by molar-refractivity contribution is -0.314. The quantitative estimate of drug-likeness (QED) is 0.578. The number of hydrogen-bond acceptors (Lipinski definition) is 3. The van der Waals surface area contributed by atoms with E-state index in [0.29, 0.717) is 17.8 Å². The molecular weight excluding hydrogens is 324 g/mol. The summed E-state index contributed by atoms with van der Waals surface area (Å²) in [6.45, 7) is 15.3. The van der Waals surface area contributed by atoms with Gasteiger partial charge in [0.05, 0.1) is 18.3 Å². The molecule has 26 heavy (non-hydrogen) atoms. The van der Waals surface area contributed by atoms with Crippen molar-refractivity contribution in [2.45, 2.75) is 71.4 Å². The number of rotatable bonds is 2. The van der Waals surface area contributed by atoms with Gasteiger partial charge in [-0.1, -0.05) is 49.8 Å². The van der Waals surface area contributed by atoms with Crippen molar-refractivity contribution in [3.63, 3.8) is 0 Å². The second-order valence-electron chi connectivity index (χ2n) is 9.80. The standard InChI is InChI=1S/C23H34O3/c1-14(2)9-12-23(24)15(3)17-10-11-22(23,6)18-8-7-16-13-25-21(4,5)26-20(16)19(17)18/h8-9,12,15-17,19-20,24H,1,7,10-11,13H2,2-6H3/b12-9-/t15-,16+,17?,19-,20-,22?,23?/m1/s1. The third kappa shape index (κ3) is 2.43. The van der Waals surface area contributed by atoms with Crippen LogP contribution < -0.4 is 0 Å². The number of aliphatic hydroxyl groups is 1. The molecule has 2 bridgehead atoms. The highest BCUT2D eigenvalue weighted by molar-refractivity contribution is 5.39. The normalized spacial score (nSPS) is 49.5. The third-order valence-corrected chi connectivity index (χ3v) is 7.80. The van der Waals surface area contributed by atoms with E-state index in [1.54, 1.807) is 0 Å². The van der Waals surface area contributed by atoms with Crippen LogP contribution in [0.4, 0.5) is 0 Å². The van der Waals surface area contributed by atoms with Crippen LogP contribution in [0.5, 0.6) is 0 Å². The number of ether oxygens (including phenoxy) is 2. The minimum absolute atomic E-state index is 0.201. The molecule has 3 saturated carbocycles. The Morgan fingerprint density at radius 1 is 1.35 bits per heavy atom. The highest BCUT2D eigenvalue weighted by atomic mass is 16.7. The molecule has 0 aromatic rings. The molecule has 4 aliphatic carbocycles. The van der Waals surface area contributed by atoms with E-state index in [1.807, 2.05) is 32.9 Å². The second kappa shape index (κ2) is 5.80. The van der Waals surface area contributed by atoms with Gasteiger partial charge in [-0.3, -0.25) is 0 Å². The fourth-order valence-corrected chi connectivity index (χ4v) is 6.29. The summed E-state index contributed by atoms with van der Waals surface area (Å²) in [5, 5.41) is 11.8. The number of hydrogen-bond donors (Lipinski definition) is 1. The van der Waals surface area contributed by atoms with E-state index in [4.69, 9.17) is 9.47 Å². The lowest BCUT2D eigenvalue weighted by Crippen LogP contribution is -2.67. The zero-order chi connectivity index (χ0) is 18.9. The van der Waals surface area contributed by atoms with E-state index in [-0.39, 0.29) is 17.4 Å². The molecule has 5 rings (SSSR count). The summed E-state index contributed by atoms with van der Waals surface area (Å²) in [5.41, 5.74) is 1.37. The van der Waals surface area contributed by atoms with Crippen molar-refractivity contribution in [3.05, 3.63) is 36.0 Å². The molecule has 3 unspecified atom stereocenters. The van der Waals surface area contributed by atoms with Gasteiger partial charge >= 0.3 is 0 Å². The monoisotopic (exact) mass is 358 g/mol. The predicted molar refractivity (Wildman–Crippen MR) is 103 cm³/mol. The van der Waals surface area contributed by atoms with Crippen LogP contribution in [-0.2, 0) is 9.47 Å². The number of allylic oxidation sites excluding steroid dienone is 3. The van der Waals surface area contributed by atoms with Crippen LogP contribution in [0.15, 0.2) is 36.0 Å². The molecular formula is C23H34O3. The van der Waals surface area contributed by atoms with Crippen molar-refractivity contribution in [1.82, 2.24) is 0 Å². The molecule has 3 nitrogen and oxygen atoms in total. The number of fused-ring (bicyclic) bond motifs is 3. The maximum atomic E-state index is 11.8. The minimum Gasteiger partial charge on any atom is -0.385 e. The van der Waals surface area contributed by atoms with Gasteiger partial charge in [-0.05, 0) is 51.9 Å². The molecule has 7 atom stereocenters. The maximum Gasteiger partial charge on any atom is 0.163 e. The zero-order valence-electron chi connectivity index (χ0n) is 16.9. The van der Waals surface area contributed by atoms with Crippen LogP contribution in [0.25, 0.3) is 0 Å². The van der Waals surface area contributed by atoms with Crippen LogP contribution >= 0.6 is 0 Å². The van der Waals surface area contributed by atoms with Crippen molar-refractivity contribution in [2.75, 3.05) is 6.61 Å².